The van der Waals surface area contributed by atoms with E-state index in [-0.39, 0.29) is 23.5 Å². The lowest BCUT2D eigenvalue weighted by atomic mass is 10.0. The number of hydrogen-bond acceptors (Lipinski definition) is 4. The van der Waals surface area contributed by atoms with Gasteiger partial charge < -0.3 is 9.84 Å². The van der Waals surface area contributed by atoms with Crippen LogP contribution in [-0.4, -0.2) is 16.8 Å². The summed E-state index contributed by atoms with van der Waals surface area (Å²) in [6.45, 7) is 0.165. The third kappa shape index (κ3) is 3.24. The summed E-state index contributed by atoms with van der Waals surface area (Å²) in [7, 11) is 1.58. The second-order valence-corrected chi connectivity index (χ2v) is 5.51. The Bertz CT molecular complexity index is 984. The van der Waals surface area contributed by atoms with Crippen LogP contribution in [0.2, 0.25) is 0 Å². The van der Waals surface area contributed by atoms with Crippen LogP contribution in [0.25, 0.3) is 11.1 Å². The molecule has 1 heterocycles. The first-order chi connectivity index (χ1) is 12.1. The van der Waals surface area contributed by atoms with Gasteiger partial charge >= 0.3 is 0 Å². The number of nitriles is 1. The molecule has 0 spiro atoms. The fourth-order valence-electron chi connectivity index (χ4n) is 2.66. The predicted octanol–water partition coefficient (Wildman–Crippen LogP) is 3.15. The highest BCUT2D eigenvalue weighted by atomic mass is 16.5. The Kier molecular flexibility index (Phi) is 4.53. The molecule has 0 fully saturated rings. The Morgan fingerprint density at radius 1 is 1.12 bits per heavy atom. The van der Waals surface area contributed by atoms with Crippen molar-refractivity contribution < 1.29 is 9.84 Å². The summed E-state index contributed by atoms with van der Waals surface area (Å²) < 4.78 is 6.29. The van der Waals surface area contributed by atoms with Crippen LogP contribution in [0, 0.1) is 11.3 Å². The number of methoxy groups -OCH3 is 1. The van der Waals surface area contributed by atoms with E-state index in [4.69, 9.17) is 4.74 Å². The van der Waals surface area contributed by atoms with Gasteiger partial charge in [0.2, 0.25) is 5.88 Å². The SMILES string of the molecule is COc1ccc(Cn2c(O)c(C#N)c(-c3ccccc3)cc2=O)cc1. The number of nitrogens with zero attached hydrogens (tertiary/aromatic N) is 2. The van der Waals surface area contributed by atoms with E-state index in [0.717, 1.165) is 5.56 Å². The molecule has 0 aliphatic heterocycles. The van der Waals surface area contributed by atoms with Crippen molar-refractivity contribution in [3.05, 3.63) is 82.1 Å². The van der Waals surface area contributed by atoms with Crippen LogP contribution in [0.15, 0.2) is 65.5 Å². The molecule has 0 aliphatic carbocycles. The summed E-state index contributed by atoms with van der Waals surface area (Å²) in [5, 5.41) is 20.0. The van der Waals surface area contributed by atoms with E-state index in [1.165, 1.54) is 10.6 Å². The molecule has 0 bridgehead atoms. The standard InChI is InChI=1S/C20H16N2O3/c1-25-16-9-7-14(8-10-16)13-22-19(23)11-17(18(12-21)20(22)24)15-5-3-2-4-6-15/h2-11,24H,13H2,1H3. The highest BCUT2D eigenvalue weighted by molar-refractivity contribution is 5.72. The minimum absolute atomic E-state index is 0.0827. The molecule has 0 saturated carbocycles. The number of pyridine rings is 1. The van der Waals surface area contributed by atoms with Crippen molar-refractivity contribution in [2.75, 3.05) is 7.11 Å². The summed E-state index contributed by atoms with van der Waals surface area (Å²) in [6, 6.07) is 19.6. The van der Waals surface area contributed by atoms with Gasteiger partial charge in [0.15, 0.2) is 0 Å². The van der Waals surface area contributed by atoms with Crippen LogP contribution in [0.5, 0.6) is 11.6 Å². The summed E-state index contributed by atoms with van der Waals surface area (Å²) >= 11 is 0. The molecule has 5 nitrogen and oxygen atoms in total. The first kappa shape index (κ1) is 16.3. The second kappa shape index (κ2) is 6.93. The summed E-state index contributed by atoms with van der Waals surface area (Å²) in [6.07, 6.45) is 0. The van der Waals surface area contributed by atoms with Crippen LogP contribution in [0.3, 0.4) is 0 Å². The molecule has 3 rings (SSSR count). The minimum Gasteiger partial charge on any atom is -0.497 e. The van der Waals surface area contributed by atoms with Gasteiger partial charge in [-0.25, -0.2) is 0 Å². The van der Waals surface area contributed by atoms with E-state index in [0.29, 0.717) is 16.9 Å². The van der Waals surface area contributed by atoms with Gasteiger partial charge in [0, 0.05) is 11.6 Å². The van der Waals surface area contributed by atoms with E-state index >= 15 is 0 Å². The zero-order valence-electron chi connectivity index (χ0n) is 13.6. The molecule has 0 aliphatic rings. The minimum atomic E-state index is -0.369. The van der Waals surface area contributed by atoms with Gasteiger partial charge in [-0.05, 0) is 23.3 Å². The van der Waals surface area contributed by atoms with E-state index in [1.807, 2.05) is 36.4 Å². The van der Waals surface area contributed by atoms with E-state index in [2.05, 4.69) is 0 Å². The molecule has 1 N–H and O–H groups in total. The lowest BCUT2D eigenvalue weighted by Crippen LogP contribution is -2.21. The average Bonchev–Trinajstić information content (AvgIpc) is 2.66. The first-order valence-corrected chi connectivity index (χ1v) is 7.69. The van der Waals surface area contributed by atoms with Gasteiger partial charge in [0.1, 0.15) is 17.4 Å². The van der Waals surface area contributed by atoms with E-state index in [1.54, 1.807) is 31.4 Å². The molecule has 0 unspecified atom stereocenters. The largest absolute Gasteiger partial charge is 0.497 e. The third-order valence-corrected chi connectivity index (χ3v) is 3.98. The number of aromatic hydroxyl groups is 1. The molecule has 25 heavy (non-hydrogen) atoms. The predicted molar refractivity (Wildman–Crippen MR) is 94.6 cm³/mol. The van der Waals surface area contributed by atoms with Crippen molar-refractivity contribution in [2.24, 2.45) is 0 Å². The average molecular weight is 332 g/mol. The Balaban J connectivity index is 2.07. The molecule has 0 radical (unpaired) electrons. The van der Waals surface area contributed by atoms with Gasteiger partial charge in [-0.2, -0.15) is 5.26 Å². The van der Waals surface area contributed by atoms with Crippen molar-refractivity contribution >= 4 is 0 Å². The number of hydrogen-bond donors (Lipinski definition) is 1. The van der Waals surface area contributed by atoms with Crippen LogP contribution in [-0.2, 0) is 6.54 Å². The van der Waals surface area contributed by atoms with Gasteiger partial charge in [-0.3, -0.25) is 9.36 Å². The summed E-state index contributed by atoms with van der Waals surface area (Å²) in [4.78, 5) is 12.5. The molecular formula is C20H16N2O3. The van der Waals surface area contributed by atoms with Gasteiger partial charge in [-0.15, -0.1) is 0 Å². The molecule has 124 valence electrons. The quantitative estimate of drug-likeness (QED) is 0.796. The lowest BCUT2D eigenvalue weighted by molar-refractivity contribution is 0.411. The van der Waals surface area contributed by atoms with Crippen molar-refractivity contribution in [3.8, 4) is 28.8 Å². The van der Waals surface area contributed by atoms with Crippen molar-refractivity contribution in [1.82, 2.24) is 4.57 Å². The molecule has 0 saturated heterocycles. The van der Waals surface area contributed by atoms with Crippen LogP contribution < -0.4 is 10.3 Å². The molecule has 3 aromatic rings. The number of ether oxygens (including phenoxy) is 1. The van der Waals surface area contributed by atoms with Crippen LogP contribution in [0.1, 0.15) is 11.1 Å². The first-order valence-electron chi connectivity index (χ1n) is 7.69. The maximum Gasteiger partial charge on any atom is 0.254 e. The van der Waals surface area contributed by atoms with Gasteiger partial charge in [0.05, 0.1) is 13.7 Å². The van der Waals surface area contributed by atoms with Crippen molar-refractivity contribution in [2.45, 2.75) is 6.54 Å². The molecule has 2 aromatic carbocycles. The Hall–Kier alpha value is -3.52. The zero-order chi connectivity index (χ0) is 17.8. The highest BCUT2D eigenvalue weighted by Crippen LogP contribution is 2.28. The topological polar surface area (TPSA) is 75.2 Å². The zero-order valence-corrected chi connectivity index (χ0v) is 13.6. The molecule has 5 heteroatoms. The number of benzene rings is 2. The molecule has 0 atom stereocenters. The Labute approximate surface area is 145 Å². The van der Waals surface area contributed by atoms with Gasteiger partial charge in [0.25, 0.3) is 5.56 Å². The monoisotopic (exact) mass is 332 g/mol. The maximum absolute atomic E-state index is 12.5. The summed E-state index contributed by atoms with van der Waals surface area (Å²) in [5.74, 6) is 0.377. The van der Waals surface area contributed by atoms with Crippen molar-refractivity contribution in [1.29, 1.82) is 5.26 Å². The number of aromatic nitrogens is 1. The van der Waals surface area contributed by atoms with Crippen LogP contribution >= 0.6 is 0 Å². The molecular weight excluding hydrogens is 316 g/mol. The smallest absolute Gasteiger partial charge is 0.254 e. The lowest BCUT2D eigenvalue weighted by Gasteiger charge is -2.13. The fraction of sp³-hybridized carbons (Fsp3) is 0.100. The van der Waals surface area contributed by atoms with Gasteiger partial charge in [-0.1, -0.05) is 42.5 Å². The number of rotatable bonds is 4. The van der Waals surface area contributed by atoms with Crippen molar-refractivity contribution in [3.63, 3.8) is 0 Å². The Morgan fingerprint density at radius 2 is 1.80 bits per heavy atom. The summed E-state index contributed by atoms with van der Waals surface area (Å²) in [5.41, 5.74) is 1.67. The normalized spacial score (nSPS) is 10.2. The molecule has 0 amide bonds. The highest BCUT2D eigenvalue weighted by Gasteiger charge is 2.16. The fourth-order valence-corrected chi connectivity index (χ4v) is 2.66. The third-order valence-electron chi connectivity index (χ3n) is 3.98. The maximum atomic E-state index is 12.5. The van der Waals surface area contributed by atoms with Crippen LogP contribution in [0.4, 0.5) is 0 Å². The second-order valence-electron chi connectivity index (χ2n) is 5.51. The van der Waals surface area contributed by atoms with E-state index < -0.39 is 0 Å². The Morgan fingerprint density at radius 3 is 2.40 bits per heavy atom. The molecule has 1 aromatic heterocycles. The van der Waals surface area contributed by atoms with E-state index in [9.17, 15) is 15.2 Å².